The molecule has 120 valence electrons. The molecule has 0 aromatic carbocycles. The molecular formula is C15H26N2O4. The summed E-state index contributed by atoms with van der Waals surface area (Å²) in [6, 6.07) is -0.381. The molecule has 2 amide bonds. The van der Waals surface area contributed by atoms with E-state index in [0.29, 0.717) is 19.6 Å². The number of piperidine rings is 1. The van der Waals surface area contributed by atoms with E-state index in [1.54, 1.807) is 4.90 Å². The molecule has 3 unspecified atom stereocenters. The number of hydrogen-bond donors (Lipinski definition) is 2. The summed E-state index contributed by atoms with van der Waals surface area (Å²) in [5, 5.41) is 12.2. The van der Waals surface area contributed by atoms with Crippen molar-refractivity contribution in [3.63, 3.8) is 0 Å². The molecule has 2 rings (SSSR count). The second-order valence-corrected chi connectivity index (χ2v) is 5.95. The average Bonchev–Trinajstić information content (AvgIpc) is 2.48. The molecule has 1 aliphatic carbocycles. The molecule has 3 atom stereocenters. The monoisotopic (exact) mass is 298 g/mol. The zero-order valence-corrected chi connectivity index (χ0v) is 12.7. The molecule has 1 saturated carbocycles. The van der Waals surface area contributed by atoms with Crippen molar-refractivity contribution in [2.45, 2.75) is 57.6 Å². The van der Waals surface area contributed by atoms with Gasteiger partial charge in [-0.05, 0) is 32.6 Å². The van der Waals surface area contributed by atoms with Gasteiger partial charge in [0, 0.05) is 25.7 Å². The van der Waals surface area contributed by atoms with Crippen LogP contribution in [0.1, 0.15) is 45.4 Å². The van der Waals surface area contributed by atoms with Gasteiger partial charge in [0.05, 0.1) is 12.0 Å². The smallest absolute Gasteiger partial charge is 0.317 e. The molecule has 0 aromatic heterocycles. The molecule has 2 fully saturated rings. The first-order valence-corrected chi connectivity index (χ1v) is 8.01. The quantitative estimate of drug-likeness (QED) is 0.830. The van der Waals surface area contributed by atoms with Crippen LogP contribution in [-0.2, 0) is 9.53 Å². The topological polar surface area (TPSA) is 78.9 Å². The summed E-state index contributed by atoms with van der Waals surface area (Å²) in [5.41, 5.74) is 0. The highest BCUT2D eigenvalue weighted by molar-refractivity contribution is 5.77. The van der Waals surface area contributed by atoms with Crippen LogP contribution in [0.4, 0.5) is 4.79 Å². The Kier molecular flexibility index (Phi) is 5.85. The summed E-state index contributed by atoms with van der Waals surface area (Å²) in [7, 11) is 0. The van der Waals surface area contributed by atoms with Crippen LogP contribution < -0.4 is 5.32 Å². The summed E-state index contributed by atoms with van der Waals surface area (Å²) in [6.45, 7) is 3.94. The van der Waals surface area contributed by atoms with Crippen molar-refractivity contribution in [1.82, 2.24) is 10.2 Å². The Hall–Kier alpha value is -1.30. The molecule has 0 spiro atoms. The first-order chi connectivity index (χ1) is 10.1. The number of hydrogen-bond acceptors (Lipinski definition) is 3. The van der Waals surface area contributed by atoms with Crippen LogP contribution in [-0.4, -0.2) is 53.8 Å². The number of nitrogens with zero attached hydrogens (tertiary/aromatic N) is 1. The second kappa shape index (κ2) is 7.64. The zero-order chi connectivity index (χ0) is 15.2. The van der Waals surface area contributed by atoms with Gasteiger partial charge in [-0.25, -0.2) is 4.79 Å². The van der Waals surface area contributed by atoms with Crippen LogP contribution in [0, 0.1) is 5.92 Å². The van der Waals surface area contributed by atoms with Gasteiger partial charge in [0.15, 0.2) is 0 Å². The van der Waals surface area contributed by atoms with E-state index in [-0.39, 0.29) is 18.2 Å². The maximum absolute atomic E-state index is 12.4. The van der Waals surface area contributed by atoms with Gasteiger partial charge in [-0.3, -0.25) is 4.79 Å². The molecule has 0 aromatic rings. The average molecular weight is 298 g/mol. The minimum absolute atomic E-state index is 0.108. The minimum atomic E-state index is -0.800. The number of carboxylic acid groups (broad SMARTS) is 1. The molecule has 0 radical (unpaired) electrons. The van der Waals surface area contributed by atoms with Gasteiger partial charge in [0.2, 0.25) is 0 Å². The zero-order valence-electron chi connectivity index (χ0n) is 12.7. The van der Waals surface area contributed by atoms with Crippen LogP contribution in [0.15, 0.2) is 0 Å². The van der Waals surface area contributed by atoms with Crippen LogP contribution in [0.2, 0.25) is 0 Å². The number of carbonyl (C=O) groups is 2. The predicted molar refractivity (Wildman–Crippen MR) is 78.1 cm³/mol. The number of amides is 2. The third-order valence-corrected chi connectivity index (χ3v) is 4.46. The maximum atomic E-state index is 12.4. The highest BCUT2D eigenvalue weighted by Gasteiger charge is 2.33. The first-order valence-electron chi connectivity index (χ1n) is 8.01. The van der Waals surface area contributed by atoms with Gasteiger partial charge in [-0.1, -0.05) is 12.8 Å². The maximum Gasteiger partial charge on any atom is 0.317 e. The number of nitrogens with one attached hydrogen (secondary N) is 1. The summed E-state index contributed by atoms with van der Waals surface area (Å²) in [4.78, 5) is 25.4. The Morgan fingerprint density at radius 1 is 1.24 bits per heavy atom. The van der Waals surface area contributed by atoms with E-state index < -0.39 is 11.9 Å². The fourth-order valence-corrected chi connectivity index (χ4v) is 3.34. The van der Waals surface area contributed by atoms with Crippen molar-refractivity contribution in [1.29, 1.82) is 0 Å². The van der Waals surface area contributed by atoms with E-state index >= 15 is 0 Å². The summed E-state index contributed by atoms with van der Waals surface area (Å²) in [5.74, 6) is -1.25. The Balaban J connectivity index is 1.88. The number of aliphatic carboxylic acids is 1. The Morgan fingerprint density at radius 3 is 2.71 bits per heavy atom. The van der Waals surface area contributed by atoms with Gasteiger partial charge >= 0.3 is 12.0 Å². The van der Waals surface area contributed by atoms with Crippen molar-refractivity contribution in [3.05, 3.63) is 0 Å². The van der Waals surface area contributed by atoms with Crippen molar-refractivity contribution < 1.29 is 19.4 Å². The van der Waals surface area contributed by atoms with Crippen LogP contribution in [0.3, 0.4) is 0 Å². The highest BCUT2D eigenvalue weighted by atomic mass is 16.5. The van der Waals surface area contributed by atoms with E-state index in [4.69, 9.17) is 4.74 Å². The largest absolute Gasteiger partial charge is 0.481 e. The number of carboxylic acids is 1. The summed E-state index contributed by atoms with van der Waals surface area (Å²) >= 11 is 0. The van der Waals surface area contributed by atoms with E-state index in [2.05, 4.69) is 5.32 Å². The molecular weight excluding hydrogens is 272 g/mol. The minimum Gasteiger partial charge on any atom is -0.481 e. The summed E-state index contributed by atoms with van der Waals surface area (Å²) < 4.78 is 5.60. The lowest BCUT2D eigenvalue weighted by molar-refractivity contribution is -0.143. The van der Waals surface area contributed by atoms with Gasteiger partial charge in [0.1, 0.15) is 0 Å². The number of ether oxygens (including phenoxy) is 1. The highest BCUT2D eigenvalue weighted by Crippen LogP contribution is 2.25. The molecule has 1 saturated heterocycles. The van der Waals surface area contributed by atoms with E-state index in [1.807, 2.05) is 6.92 Å². The lowest BCUT2D eigenvalue weighted by Gasteiger charge is -2.35. The SMILES string of the molecule is CCOC1CCCN(C(=O)NC2CCCCC2C(=O)O)C1. The molecule has 6 heteroatoms. The molecule has 1 aliphatic heterocycles. The molecule has 0 bridgehead atoms. The number of carbonyl (C=O) groups excluding carboxylic acids is 1. The van der Waals surface area contributed by atoms with Crippen molar-refractivity contribution >= 4 is 12.0 Å². The normalized spacial score (nSPS) is 30.0. The van der Waals surface area contributed by atoms with Gasteiger partial charge in [-0.2, -0.15) is 0 Å². The second-order valence-electron chi connectivity index (χ2n) is 5.95. The van der Waals surface area contributed by atoms with E-state index in [9.17, 15) is 14.7 Å². The van der Waals surface area contributed by atoms with Gasteiger partial charge in [-0.15, -0.1) is 0 Å². The fraction of sp³-hybridized carbons (Fsp3) is 0.867. The summed E-state index contributed by atoms with van der Waals surface area (Å²) in [6.07, 6.45) is 5.35. The Labute approximate surface area is 125 Å². The van der Waals surface area contributed by atoms with E-state index in [0.717, 1.165) is 38.6 Å². The van der Waals surface area contributed by atoms with E-state index in [1.165, 1.54) is 0 Å². The van der Waals surface area contributed by atoms with Crippen molar-refractivity contribution in [2.24, 2.45) is 5.92 Å². The van der Waals surface area contributed by atoms with Gasteiger partial charge in [0.25, 0.3) is 0 Å². The molecule has 2 aliphatic rings. The lowest BCUT2D eigenvalue weighted by atomic mass is 9.84. The third-order valence-electron chi connectivity index (χ3n) is 4.46. The van der Waals surface area contributed by atoms with Crippen molar-refractivity contribution in [2.75, 3.05) is 19.7 Å². The number of rotatable bonds is 4. The standard InChI is InChI=1S/C15H26N2O4/c1-2-21-11-6-5-9-17(10-11)15(20)16-13-8-4-3-7-12(13)14(18)19/h11-13H,2-10H2,1H3,(H,16,20)(H,18,19). The van der Waals surface area contributed by atoms with Crippen LogP contribution in [0.25, 0.3) is 0 Å². The molecule has 6 nitrogen and oxygen atoms in total. The van der Waals surface area contributed by atoms with Gasteiger partial charge < -0.3 is 20.1 Å². The predicted octanol–water partition coefficient (Wildman–Crippen LogP) is 1.84. The van der Waals surface area contributed by atoms with Crippen molar-refractivity contribution in [3.8, 4) is 0 Å². The number of likely N-dealkylation sites (tertiary alicyclic amines) is 1. The fourth-order valence-electron chi connectivity index (χ4n) is 3.34. The molecule has 21 heavy (non-hydrogen) atoms. The number of urea groups is 1. The molecule has 2 N–H and O–H groups in total. The van der Waals surface area contributed by atoms with Crippen LogP contribution >= 0.6 is 0 Å². The Bertz CT molecular complexity index is 373. The third kappa shape index (κ3) is 4.33. The lowest BCUT2D eigenvalue weighted by Crippen LogP contribution is -2.53. The Morgan fingerprint density at radius 2 is 2.00 bits per heavy atom. The first kappa shape index (κ1) is 16.1. The molecule has 1 heterocycles. The van der Waals surface area contributed by atoms with Crippen LogP contribution in [0.5, 0.6) is 0 Å².